The Morgan fingerprint density at radius 2 is 1.35 bits per heavy atom. The highest BCUT2D eigenvalue weighted by molar-refractivity contribution is 6.11. The number of carboxylic acid groups (broad SMARTS) is 3. The van der Waals surface area contributed by atoms with Crippen LogP contribution in [0.25, 0.3) is 33.4 Å². The molecule has 0 saturated carbocycles. The van der Waals surface area contributed by atoms with Crippen molar-refractivity contribution >= 4 is 28.9 Å². The van der Waals surface area contributed by atoms with Gasteiger partial charge < -0.3 is 24.8 Å². The van der Waals surface area contributed by atoms with Gasteiger partial charge in [-0.05, 0) is 42.0 Å². The summed E-state index contributed by atoms with van der Waals surface area (Å²) in [4.78, 5) is 47.0. The number of rotatable bonds is 4. The Balaban J connectivity index is 2.24. The third kappa shape index (κ3) is 3.23. The van der Waals surface area contributed by atoms with Crippen molar-refractivity contribution < 1.29 is 39.2 Å². The van der Waals surface area contributed by atoms with Crippen molar-refractivity contribution in [1.82, 2.24) is 0 Å². The van der Waals surface area contributed by atoms with Gasteiger partial charge in [0, 0.05) is 28.6 Å². The molecule has 0 atom stereocenters. The standard InChI is InChI=1S/C22H12O9/c23-9-1-3-11-17(5-9)31-18-6-10(24)2-4-12(18)19(11)13-7-15(21(27)28)16(22(29)30)8-14(13)20(25)26/h1-8,23H,(H,25,26)(H,27,28)(H,29,30). The van der Waals surface area contributed by atoms with Gasteiger partial charge in [0.25, 0.3) is 0 Å². The predicted octanol–water partition coefficient (Wildman–Crippen LogP) is 3.37. The van der Waals surface area contributed by atoms with Crippen LogP contribution in [0.3, 0.4) is 0 Å². The number of hydrogen-bond acceptors (Lipinski definition) is 6. The molecule has 0 saturated heterocycles. The molecular formula is C22H12O9. The van der Waals surface area contributed by atoms with Crippen LogP contribution in [0.5, 0.6) is 5.75 Å². The molecule has 2 aromatic carbocycles. The molecule has 4 rings (SSSR count). The first-order valence-corrected chi connectivity index (χ1v) is 8.75. The first-order valence-electron chi connectivity index (χ1n) is 8.75. The number of carboxylic acids is 3. The maximum absolute atomic E-state index is 12.0. The molecule has 1 aliphatic heterocycles. The Morgan fingerprint density at radius 3 is 2.00 bits per heavy atom. The molecule has 1 aliphatic carbocycles. The lowest BCUT2D eigenvalue weighted by Gasteiger charge is -2.18. The Hall–Kier alpha value is -4.66. The van der Waals surface area contributed by atoms with E-state index in [9.17, 15) is 39.6 Å². The van der Waals surface area contributed by atoms with Gasteiger partial charge in [-0.15, -0.1) is 0 Å². The average Bonchev–Trinajstić information content (AvgIpc) is 2.70. The van der Waals surface area contributed by atoms with Crippen LogP contribution in [-0.2, 0) is 0 Å². The van der Waals surface area contributed by atoms with Gasteiger partial charge in [0.1, 0.15) is 17.1 Å². The highest BCUT2D eigenvalue weighted by atomic mass is 16.4. The summed E-state index contributed by atoms with van der Waals surface area (Å²) in [7, 11) is 0. The Morgan fingerprint density at radius 1 is 0.710 bits per heavy atom. The normalized spacial score (nSPS) is 11.0. The third-order valence-electron chi connectivity index (χ3n) is 4.80. The zero-order valence-corrected chi connectivity index (χ0v) is 15.4. The van der Waals surface area contributed by atoms with Crippen LogP contribution in [0.4, 0.5) is 0 Å². The van der Waals surface area contributed by atoms with Gasteiger partial charge in [0.2, 0.25) is 0 Å². The number of carbonyl (C=O) groups is 3. The fraction of sp³-hybridized carbons (Fsp3) is 0. The smallest absolute Gasteiger partial charge is 0.336 e. The van der Waals surface area contributed by atoms with Crippen molar-refractivity contribution in [3.63, 3.8) is 0 Å². The number of phenolic OH excluding ortho intramolecular Hbond substituents is 1. The SMILES string of the molecule is O=C(O)c1cc(C(=O)O)c(-c2c3ccc(=O)cc-3oc3cc(O)ccc23)cc1C(=O)O. The molecule has 0 radical (unpaired) electrons. The van der Waals surface area contributed by atoms with Crippen molar-refractivity contribution in [1.29, 1.82) is 0 Å². The summed E-state index contributed by atoms with van der Waals surface area (Å²) in [6, 6.07) is 9.61. The molecule has 2 aliphatic rings. The minimum Gasteiger partial charge on any atom is -0.508 e. The second-order valence-corrected chi connectivity index (χ2v) is 6.67. The summed E-state index contributed by atoms with van der Waals surface area (Å²) in [6.45, 7) is 0. The summed E-state index contributed by atoms with van der Waals surface area (Å²) >= 11 is 0. The van der Waals surface area contributed by atoms with Gasteiger partial charge in [-0.1, -0.05) is 0 Å². The number of benzene rings is 3. The summed E-state index contributed by atoms with van der Waals surface area (Å²) in [5, 5.41) is 38.7. The van der Waals surface area contributed by atoms with Gasteiger partial charge in [0.15, 0.2) is 5.43 Å². The lowest BCUT2D eigenvalue weighted by molar-refractivity contribution is 0.0649. The molecule has 0 unspecified atom stereocenters. The van der Waals surface area contributed by atoms with E-state index in [1.807, 2.05) is 0 Å². The molecule has 0 spiro atoms. The van der Waals surface area contributed by atoms with E-state index in [0.717, 1.165) is 12.1 Å². The number of fused-ring (bicyclic) bond motifs is 2. The first-order chi connectivity index (χ1) is 14.7. The summed E-state index contributed by atoms with van der Waals surface area (Å²) in [5.74, 6) is -4.69. The summed E-state index contributed by atoms with van der Waals surface area (Å²) < 4.78 is 5.69. The Bertz CT molecular complexity index is 1450. The Labute approximate surface area is 172 Å². The van der Waals surface area contributed by atoms with Crippen LogP contribution in [0.1, 0.15) is 31.1 Å². The largest absolute Gasteiger partial charge is 0.508 e. The van der Waals surface area contributed by atoms with Crippen LogP contribution in [-0.4, -0.2) is 38.3 Å². The zero-order valence-electron chi connectivity index (χ0n) is 15.4. The van der Waals surface area contributed by atoms with Gasteiger partial charge in [-0.2, -0.15) is 0 Å². The minimum absolute atomic E-state index is 0.0787. The average molecular weight is 420 g/mol. The fourth-order valence-electron chi connectivity index (χ4n) is 3.49. The molecule has 0 fully saturated rings. The summed E-state index contributed by atoms with van der Waals surface area (Å²) in [5.41, 5.74) is -1.55. The highest BCUT2D eigenvalue weighted by Gasteiger charge is 2.27. The van der Waals surface area contributed by atoms with E-state index in [4.69, 9.17) is 4.42 Å². The third-order valence-corrected chi connectivity index (χ3v) is 4.80. The van der Waals surface area contributed by atoms with Crippen LogP contribution in [0.15, 0.2) is 57.7 Å². The van der Waals surface area contributed by atoms with Crippen LogP contribution >= 0.6 is 0 Å². The fourth-order valence-corrected chi connectivity index (χ4v) is 3.49. The second kappa shape index (κ2) is 6.99. The molecule has 2 aromatic rings. The molecule has 0 amide bonds. The van der Waals surface area contributed by atoms with E-state index >= 15 is 0 Å². The van der Waals surface area contributed by atoms with Crippen LogP contribution in [0, 0.1) is 0 Å². The lowest BCUT2D eigenvalue weighted by atomic mass is 9.88. The summed E-state index contributed by atoms with van der Waals surface area (Å²) in [6.07, 6.45) is 0. The van der Waals surface area contributed by atoms with E-state index < -0.39 is 34.6 Å². The number of aromatic carboxylic acids is 3. The molecule has 154 valence electrons. The number of phenols is 1. The maximum atomic E-state index is 12.0. The van der Waals surface area contributed by atoms with Gasteiger partial charge in [-0.25, -0.2) is 14.4 Å². The number of aromatic hydroxyl groups is 1. The topological polar surface area (TPSA) is 162 Å². The van der Waals surface area contributed by atoms with Crippen molar-refractivity contribution in [2.24, 2.45) is 0 Å². The van der Waals surface area contributed by atoms with Gasteiger partial charge in [-0.3, -0.25) is 4.79 Å². The van der Waals surface area contributed by atoms with Crippen LogP contribution in [0.2, 0.25) is 0 Å². The second-order valence-electron chi connectivity index (χ2n) is 6.67. The molecular weight excluding hydrogens is 408 g/mol. The van der Waals surface area contributed by atoms with E-state index in [1.165, 1.54) is 36.4 Å². The van der Waals surface area contributed by atoms with Crippen molar-refractivity contribution in [2.45, 2.75) is 0 Å². The van der Waals surface area contributed by atoms with E-state index in [2.05, 4.69) is 0 Å². The molecule has 0 aromatic heterocycles. The molecule has 4 N–H and O–H groups in total. The quantitative estimate of drug-likeness (QED) is 0.363. The monoisotopic (exact) mass is 420 g/mol. The zero-order chi connectivity index (χ0) is 22.4. The minimum atomic E-state index is -1.59. The molecule has 9 nitrogen and oxygen atoms in total. The maximum Gasteiger partial charge on any atom is 0.336 e. The predicted molar refractivity (Wildman–Crippen MR) is 107 cm³/mol. The Kier molecular flexibility index (Phi) is 4.43. The van der Waals surface area contributed by atoms with Crippen LogP contribution < -0.4 is 5.43 Å². The van der Waals surface area contributed by atoms with E-state index in [1.54, 1.807) is 0 Å². The molecule has 0 bridgehead atoms. The van der Waals surface area contributed by atoms with Gasteiger partial charge in [0.05, 0.1) is 16.7 Å². The lowest BCUT2D eigenvalue weighted by Crippen LogP contribution is -2.12. The van der Waals surface area contributed by atoms with Crippen molar-refractivity contribution in [2.75, 3.05) is 0 Å². The first kappa shape index (κ1) is 19.6. The van der Waals surface area contributed by atoms with E-state index in [-0.39, 0.29) is 33.6 Å². The molecule has 9 heteroatoms. The van der Waals surface area contributed by atoms with Crippen molar-refractivity contribution in [3.8, 4) is 28.2 Å². The van der Waals surface area contributed by atoms with E-state index in [0.29, 0.717) is 10.9 Å². The number of hydrogen-bond donors (Lipinski definition) is 4. The van der Waals surface area contributed by atoms with Crippen molar-refractivity contribution in [3.05, 3.63) is 75.4 Å². The molecule has 1 heterocycles. The van der Waals surface area contributed by atoms with Gasteiger partial charge >= 0.3 is 17.9 Å². The highest BCUT2D eigenvalue weighted by Crippen LogP contribution is 2.42. The molecule has 31 heavy (non-hydrogen) atoms.